The fourth-order valence-corrected chi connectivity index (χ4v) is 3.71. The molecule has 23 heavy (non-hydrogen) atoms. The fraction of sp³-hybridized carbons (Fsp3) is 0.826. The molecule has 4 atom stereocenters. The molecule has 0 heterocycles. The molecule has 0 radical (unpaired) electrons. The lowest BCUT2D eigenvalue weighted by Crippen LogP contribution is -2.30. The third-order valence-corrected chi connectivity index (χ3v) is 5.70. The minimum Gasteiger partial charge on any atom is -0.0840 e. The van der Waals surface area contributed by atoms with Crippen molar-refractivity contribution in [1.29, 1.82) is 0 Å². The van der Waals surface area contributed by atoms with Crippen LogP contribution in [0.1, 0.15) is 94.4 Å². The van der Waals surface area contributed by atoms with Crippen molar-refractivity contribution in [1.82, 2.24) is 0 Å². The molecule has 0 heteroatoms. The zero-order valence-corrected chi connectivity index (χ0v) is 17.6. The summed E-state index contributed by atoms with van der Waals surface area (Å²) in [6.07, 6.45) is 13.3. The van der Waals surface area contributed by atoms with Crippen LogP contribution in [0.3, 0.4) is 0 Å². The molecule has 0 saturated carbocycles. The SMILES string of the molecule is CC/C=C(C)\C=C/CC(C)CCC(C(C)C(C)CC)C(C)(C)C. The molecule has 0 bridgehead atoms. The number of rotatable bonds is 10. The second-order valence-corrected chi connectivity index (χ2v) is 8.89. The van der Waals surface area contributed by atoms with Crippen molar-refractivity contribution in [3.8, 4) is 0 Å². The van der Waals surface area contributed by atoms with Gasteiger partial charge in [0.15, 0.2) is 0 Å². The molecule has 0 aliphatic heterocycles. The minimum absolute atomic E-state index is 0.416. The molecule has 136 valence electrons. The van der Waals surface area contributed by atoms with E-state index in [0.29, 0.717) is 5.41 Å². The van der Waals surface area contributed by atoms with Crippen molar-refractivity contribution in [3.05, 3.63) is 23.8 Å². The summed E-state index contributed by atoms with van der Waals surface area (Å²) in [5, 5.41) is 0. The molecule has 0 aromatic carbocycles. The average molecular weight is 321 g/mol. The van der Waals surface area contributed by atoms with Crippen molar-refractivity contribution < 1.29 is 0 Å². The lowest BCUT2D eigenvalue weighted by molar-refractivity contribution is 0.110. The Morgan fingerprint density at radius 1 is 1.00 bits per heavy atom. The Morgan fingerprint density at radius 3 is 2.09 bits per heavy atom. The molecule has 0 rings (SSSR count). The number of hydrogen-bond donors (Lipinski definition) is 0. The highest BCUT2D eigenvalue weighted by atomic mass is 14.4. The first-order valence-corrected chi connectivity index (χ1v) is 9.96. The highest BCUT2D eigenvalue weighted by molar-refractivity contribution is 5.15. The summed E-state index contributed by atoms with van der Waals surface area (Å²) in [6, 6.07) is 0. The summed E-state index contributed by atoms with van der Waals surface area (Å²) in [6.45, 7) is 21.3. The van der Waals surface area contributed by atoms with Crippen molar-refractivity contribution >= 4 is 0 Å². The molecule has 0 N–H and O–H groups in total. The first-order chi connectivity index (χ1) is 10.6. The molecular formula is C23H44. The van der Waals surface area contributed by atoms with E-state index in [1.54, 1.807) is 0 Å². The Balaban J connectivity index is 4.54. The van der Waals surface area contributed by atoms with Crippen LogP contribution in [-0.2, 0) is 0 Å². The molecule has 0 aliphatic rings. The minimum atomic E-state index is 0.416. The van der Waals surface area contributed by atoms with Gasteiger partial charge in [0.25, 0.3) is 0 Å². The van der Waals surface area contributed by atoms with E-state index >= 15 is 0 Å². The summed E-state index contributed by atoms with van der Waals surface area (Å²) < 4.78 is 0. The third kappa shape index (κ3) is 9.38. The van der Waals surface area contributed by atoms with Crippen molar-refractivity contribution in [3.63, 3.8) is 0 Å². The summed E-state index contributed by atoms with van der Waals surface area (Å²) in [4.78, 5) is 0. The van der Waals surface area contributed by atoms with Gasteiger partial charge in [0.1, 0.15) is 0 Å². The van der Waals surface area contributed by atoms with Crippen LogP contribution in [0, 0.1) is 29.1 Å². The number of hydrogen-bond acceptors (Lipinski definition) is 0. The second kappa shape index (κ2) is 11.1. The Kier molecular flexibility index (Phi) is 10.9. The number of allylic oxidation sites excluding steroid dienone is 4. The zero-order chi connectivity index (χ0) is 18.0. The molecule has 0 amide bonds. The van der Waals surface area contributed by atoms with E-state index < -0.39 is 0 Å². The van der Waals surface area contributed by atoms with Crippen LogP contribution in [0.25, 0.3) is 0 Å². The first kappa shape index (κ1) is 22.5. The van der Waals surface area contributed by atoms with Crippen LogP contribution in [0.4, 0.5) is 0 Å². The van der Waals surface area contributed by atoms with E-state index in [0.717, 1.165) is 30.1 Å². The first-order valence-electron chi connectivity index (χ1n) is 9.96. The molecule has 0 fully saturated rings. The zero-order valence-electron chi connectivity index (χ0n) is 17.6. The maximum atomic E-state index is 2.48. The third-order valence-electron chi connectivity index (χ3n) is 5.70. The lowest BCUT2D eigenvalue weighted by Gasteiger charge is -2.39. The van der Waals surface area contributed by atoms with Gasteiger partial charge in [0.05, 0.1) is 0 Å². The van der Waals surface area contributed by atoms with E-state index in [9.17, 15) is 0 Å². The van der Waals surface area contributed by atoms with Crippen LogP contribution >= 0.6 is 0 Å². The normalized spacial score (nSPS) is 18.9. The standard InChI is InChI=1S/C23H44/c1-10-13-18(3)14-12-15-19(4)16-17-22(23(7,8)9)21(6)20(5)11-2/h12-14,19-22H,10-11,15-17H2,1-9H3/b14-12-,18-13-. The predicted molar refractivity (Wildman–Crippen MR) is 108 cm³/mol. The van der Waals surface area contributed by atoms with Gasteiger partial charge in [-0.1, -0.05) is 92.0 Å². The van der Waals surface area contributed by atoms with Crippen LogP contribution in [-0.4, -0.2) is 0 Å². The highest BCUT2D eigenvalue weighted by Gasteiger charge is 2.31. The van der Waals surface area contributed by atoms with Crippen molar-refractivity contribution in [2.45, 2.75) is 94.4 Å². The topological polar surface area (TPSA) is 0 Å². The van der Waals surface area contributed by atoms with E-state index in [2.05, 4.69) is 80.5 Å². The molecule has 0 aromatic heterocycles. The van der Waals surface area contributed by atoms with Gasteiger partial charge >= 0.3 is 0 Å². The largest absolute Gasteiger partial charge is 0.0840 e. The van der Waals surface area contributed by atoms with E-state index in [-0.39, 0.29) is 0 Å². The summed E-state index contributed by atoms with van der Waals surface area (Å²) in [7, 11) is 0. The molecule has 0 nitrogen and oxygen atoms in total. The molecular weight excluding hydrogens is 276 g/mol. The average Bonchev–Trinajstić information content (AvgIpc) is 2.45. The summed E-state index contributed by atoms with van der Waals surface area (Å²) in [5.41, 5.74) is 1.82. The lowest BCUT2D eigenvalue weighted by atomic mass is 9.67. The maximum absolute atomic E-state index is 2.48. The van der Waals surface area contributed by atoms with Gasteiger partial charge in [0.2, 0.25) is 0 Å². The van der Waals surface area contributed by atoms with Crippen LogP contribution in [0.15, 0.2) is 23.8 Å². The Morgan fingerprint density at radius 2 is 1.61 bits per heavy atom. The van der Waals surface area contributed by atoms with Crippen molar-refractivity contribution in [2.24, 2.45) is 29.1 Å². The Labute approximate surface area is 147 Å². The van der Waals surface area contributed by atoms with Crippen molar-refractivity contribution in [2.75, 3.05) is 0 Å². The molecule has 0 spiro atoms. The fourth-order valence-electron chi connectivity index (χ4n) is 3.71. The van der Waals surface area contributed by atoms with Gasteiger partial charge in [-0.15, -0.1) is 0 Å². The van der Waals surface area contributed by atoms with Gasteiger partial charge in [-0.25, -0.2) is 0 Å². The van der Waals surface area contributed by atoms with Gasteiger partial charge in [-0.3, -0.25) is 0 Å². The van der Waals surface area contributed by atoms with E-state index in [1.807, 2.05) is 0 Å². The predicted octanol–water partition coefficient (Wildman–Crippen LogP) is 8.05. The Bertz CT molecular complexity index is 353. The van der Waals surface area contributed by atoms with Gasteiger partial charge < -0.3 is 0 Å². The molecule has 0 aromatic rings. The van der Waals surface area contributed by atoms with Crippen LogP contribution in [0.2, 0.25) is 0 Å². The smallest absolute Gasteiger partial charge is 0.0322 e. The maximum Gasteiger partial charge on any atom is -0.0322 e. The van der Waals surface area contributed by atoms with Gasteiger partial charge in [-0.05, 0) is 55.3 Å². The highest BCUT2D eigenvalue weighted by Crippen LogP contribution is 2.40. The molecule has 0 aliphatic carbocycles. The van der Waals surface area contributed by atoms with Gasteiger partial charge in [0, 0.05) is 0 Å². The van der Waals surface area contributed by atoms with Crippen LogP contribution in [0.5, 0.6) is 0 Å². The quantitative estimate of drug-likeness (QED) is 0.357. The Hall–Kier alpha value is -0.520. The molecule has 4 unspecified atom stereocenters. The summed E-state index contributed by atoms with van der Waals surface area (Å²) in [5.74, 6) is 3.26. The van der Waals surface area contributed by atoms with Gasteiger partial charge in [-0.2, -0.15) is 0 Å². The summed E-state index contributed by atoms with van der Waals surface area (Å²) >= 11 is 0. The van der Waals surface area contributed by atoms with E-state index in [1.165, 1.54) is 31.3 Å². The van der Waals surface area contributed by atoms with E-state index in [4.69, 9.17) is 0 Å². The second-order valence-electron chi connectivity index (χ2n) is 8.89. The molecule has 0 saturated heterocycles. The monoisotopic (exact) mass is 320 g/mol. The van der Waals surface area contributed by atoms with Crippen LogP contribution < -0.4 is 0 Å².